The Hall–Kier alpha value is -0.640. The van der Waals surface area contributed by atoms with Gasteiger partial charge < -0.3 is 9.73 Å². The van der Waals surface area contributed by atoms with E-state index in [4.69, 9.17) is 16.0 Å². The van der Waals surface area contributed by atoms with Crippen molar-refractivity contribution >= 4 is 34.3 Å². The molecule has 108 valence electrons. The van der Waals surface area contributed by atoms with Gasteiger partial charge in [0, 0.05) is 10.6 Å². The van der Waals surface area contributed by atoms with E-state index in [2.05, 4.69) is 36.1 Å². The number of para-hydroxylation sites is 1. The summed E-state index contributed by atoms with van der Waals surface area (Å²) < 4.78 is 6.06. The first-order valence-electron chi connectivity index (χ1n) is 7.32. The summed E-state index contributed by atoms with van der Waals surface area (Å²) in [4.78, 5) is 0. The molecule has 1 aliphatic heterocycles. The predicted molar refractivity (Wildman–Crippen MR) is 87.7 cm³/mol. The Morgan fingerprint density at radius 1 is 1.45 bits per heavy atom. The van der Waals surface area contributed by atoms with E-state index in [1.807, 2.05) is 12.1 Å². The highest BCUT2D eigenvalue weighted by Crippen LogP contribution is 2.37. The Balaban J connectivity index is 1.93. The second-order valence-corrected chi connectivity index (χ2v) is 7.00. The minimum absolute atomic E-state index is 0.286. The van der Waals surface area contributed by atoms with Crippen molar-refractivity contribution < 1.29 is 4.42 Å². The van der Waals surface area contributed by atoms with Gasteiger partial charge in [-0.05, 0) is 37.3 Å². The second kappa shape index (κ2) is 6.42. The van der Waals surface area contributed by atoms with E-state index in [-0.39, 0.29) is 6.04 Å². The molecule has 2 aromatic rings. The van der Waals surface area contributed by atoms with E-state index in [0.29, 0.717) is 10.3 Å². The number of furan rings is 1. The number of rotatable bonds is 4. The maximum absolute atomic E-state index is 6.22. The fourth-order valence-electron chi connectivity index (χ4n) is 2.86. The summed E-state index contributed by atoms with van der Waals surface area (Å²) in [5.41, 5.74) is 0.813. The van der Waals surface area contributed by atoms with Crippen LogP contribution in [0.5, 0.6) is 0 Å². The zero-order valence-corrected chi connectivity index (χ0v) is 13.3. The van der Waals surface area contributed by atoms with Crippen LogP contribution in [0, 0.1) is 0 Å². The van der Waals surface area contributed by atoms with Gasteiger partial charge in [0.1, 0.15) is 5.76 Å². The molecule has 4 heteroatoms. The minimum Gasteiger partial charge on any atom is -0.458 e. The van der Waals surface area contributed by atoms with Crippen LogP contribution in [0.25, 0.3) is 11.0 Å². The van der Waals surface area contributed by atoms with Crippen LogP contribution >= 0.6 is 23.4 Å². The Labute approximate surface area is 129 Å². The molecule has 1 aromatic carbocycles. The lowest BCUT2D eigenvalue weighted by Crippen LogP contribution is -2.31. The first-order chi connectivity index (χ1) is 9.79. The smallest absolute Gasteiger partial charge is 0.152 e. The summed E-state index contributed by atoms with van der Waals surface area (Å²) >= 11 is 8.28. The molecule has 2 nitrogen and oxygen atoms in total. The fraction of sp³-hybridized carbons (Fsp3) is 0.500. The van der Waals surface area contributed by atoms with Crippen molar-refractivity contribution in [2.45, 2.75) is 37.5 Å². The van der Waals surface area contributed by atoms with Gasteiger partial charge in [-0.25, -0.2) is 0 Å². The summed E-state index contributed by atoms with van der Waals surface area (Å²) in [5.74, 6) is 2.28. The number of hydrogen-bond acceptors (Lipinski definition) is 3. The molecule has 2 atom stereocenters. The topological polar surface area (TPSA) is 25.2 Å². The van der Waals surface area contributed by atoms with Crippen molar-refractivity contribution in [3.63, 3.8) is 0 Å². The van der Waals surface area contributed by atoms with Crippen molar-refractivity contribution in [1.82, 2.24) is 5.32 Å². The quantitative estimate of drug-likeness (QED) is 0.858. The molecule has 1 fully saturated rings. The van der Waals surface area contributed by atoms with Crippen LogP contribution in [-0.2, 0) is 0 Å². The number of thioether (sulfide) groups is 1. The summed E-state index contributed by atoms with van der Waals surface area (Å²) in [6.45, 7) is 3.10. The SMILES string of the molecule is CCNC(c1cc2cccc(Cl)c2o1)C1CCCCS1. The third-order valence-corrected chi connectivity index (χ3v) is 5.59. The van der Waals surface area contributed by atoms with E-state index in [1.54, 1.807) is 0 Å². The molecular formula is C16H20ClNOS. The van der Waals surface area contributed by atoms with E-state index >= 15 is 0 Å². The molecule has 0 aliphatic carbocycles. The molecule has 20 heavy (non-hydrogen) atoms. The zero-order valence-electron chi connectivity index (χ0n) is 11.7. The van der Waals surface area contributed by atoms with Gasteiger partial charge in [-0.2, -0.15) is 11.8 Å². The van der Waals surface area contributed by atoms with Crippen LogP contribution in [0.15, 0.2) is 28.7 Å². The molecule has 0 amide bonds. The van der Waals surface area contributed by atoms with Crippen molar-refractivity contribution in [3.05, 3.63) is 35.0 Å². The van der Waals surface area contributed by atoms with E-state index in [0.717, 1.165) is 23.3 Å². The van der Waals surface area contributed by atoms with Crippen LogP contribution in [-0.4, -0.2) is 17.5 Å². The van der Waals surface area contributed by atoms with Gasteiger partial charge in [0.25, 0.3) is 0 Å². The number of halogens is 1. The van der Waals surface area contributed by atoms with Gasteiger partial charge in [-0.15, -0.1) is 0 Å². The second-order valence-electron chi connectivity index (χ2n) is 5.25. The third-order valence-electron chi connectivity index (χ3n) is 3.83. The average Bonchev–Trinajstić information content (AvgIpc) is 2.91. The molecule has 0 bridgehead atoms. The highest BCUT2D eigenvalue weighted by molar-refractivity contribution is 8.00. The van der Waals surface area contributed by atoms with Crippen LogP contribution in [0.3, 0.4) is 0 Å². The Morgan fingerprint density at radius 3 is 3.05 bits per heavy atom. The number of hydrogen-bond donors (Lipinski definition) is 1. The molecule has 1 aliphatic rings. The molecule has 3 rings (SSSR count). The lowest BCUT2D eigenvalue weighted by molar-refractivity contribution is 0.410. The lowest BCUT2D eigenvalue weighted by atomic mass is 10.0. The summed E-state index contributed by atoms with van der Waals surface area (Å²) in [6, 6.07) is 8.35. The van der Waals surface area contributed by atoms with E-state index in [9.17, 15) is 0 Å². The Bertz CT molecular complexity index is 577. The van der Waals surface area contributed by atoms with Gasteiger partial charge in [0.15, 0.2) is 5.58 Å². The lowest BCUT2D eigenvalue weighted by Gasteiger charge is -2.29. The maximum atomic E-state index is 6.22. The first kappa shape index (κ1) is 14.3. The van der Waals surface area contributed by atoms with Crippen molar-refractivity contribution in [2.75, 3.05) is 12.3 Å². The van der Waals surface area contributed by atoms with Crippen molar-refractivity contribution in [1.29, 1.82) is 0 Å². The zero-order chi connectivity index (χ0) is 13.9. The molecular weight excluding hydrogens is 290 g/mol. The maximum Gasteiger partial charge on any atom is 0.152 e. The largest absolute Gasteiger partial charge is 0.458 e. The first-order valence-corrected chi connectivity index (χ1v) is 8.75. The molecule has 0 spiro atoms. The molecule has 0 saturated carbocycles. The Morgan fingerprint density at radius 2 is 2.35 bits per heavy atom. The van der Waals surface area contributed by atoms with Gasteiger partial charge >= 0.3 is 0 Å². The number of nitrogens with one attached hydrogen (secondary N) is 1. The van der Waals surface area contributed by atoms with Gasteiger partial charge in [-0.1, -0.05) is 37.1 Å². The number of benzene rings is 1. The van der Waals surface area contributed by atoms with Gasteiger partial charge in [-0.3, -0.25) is 0 Å². The highest BCUT2D eigenvalue weighted by Gasteiger charge is 2.27. The standard InChI is InChI=1S/C16H20ClNOS/c1-2-18-15(14-8-3-4-9-20-14)13-10-11-6-5-7-12(17)16(11)19-13/h5-7,10,14-15,18H,2-4,8-9H2,1H3. The molecule has 1 aromatic heterocycles. The number of fused-ring (bicyclic) bond motifs is 1. The van der Waals surface area contributed by atoms with Gasteiger partial charge in [0.2, 0.25) is 0 Å². The summed E-state index contributed by atoms with van der Waals surface area (Å²) in [5, 5.41) is 5.98. The van der Waals surface area contributed by atoms with E-state index in [1.165, 1.54) is 25.0 Å². The fourth-order valence-corrected chi connectivity index (χ4v) is 4.51. The normalized spacial score (nSPS) is 21.2. The monoisotopic (exact) mass is 309 g/mol. The molecule has 2 heterocycles. The van der Waals surface area contributed by atoms with Crippen molar-refractivity contribution in [2.24, 2.45) is 0 Å². The average molecular weight is 310 g/mol. The molecule has 1 saturated heterocycles. The predicted octanol–water partition coefficient (Wildman–Crippen LogP) is 5.02. The van der Waals surface area contributed by atoms with Crippen LogP contribution < -0.4 is 5.32 Å². The Kier molecular flexibility index (Phi) is 4.59. The summed E-state index contributed by atoms with van der Waals surface area (Å²) in [7, 11) is 0. The molecule has 2 unspecified atom stereocenters. The molecule has 0 radical (unpaired) electrons. The van der Waals surface area contributed by atoms with Crippen LogP contribution in [0.1, 0.15) is 38.0 Å². The van der Waals surface area contributed by atoms with Crippen LogP contribution in [0.4, 0.5) is 0 Å². The van der Waals surface area contributed by atoms with Crippen molar-refractivity contribution in [3.8, 4) is 0 Å². The van der Waals surface area contributed by atoms with E-state index < -0.39 is 0 Å². The third kappa shape index (κ3) is 2.85. The summed E-state index contributed by atoms with van der Waals surface area (Å²) in [6.07, 6.45) is 3.92. The van der Waals surface area contributed by atoms with Crippen LogP contribution in [0.2, 0.25) is 5.02 Å². The molecule has 1 N–H and O–H groups in total. The van der Waals surface area contributed by atoms with Gasteiger partial charge in [0.05, 0.1) is 11.1 Å². The minimum atomic E-state index is 0.286. The highest BCUT2D eigenvalue weighted by atomic mass is 35.5.